The number of benzene rings is 1. The number of anilines is 1. The van der Waals surface area contributed by atoms with Gasteiger partial charge in [0.2, 0.25) is 0 Å². The van der Waals surface area contributed by atoms with Gasteiger partial charge in [-0.05, 0) is 51.8 Å². The molecule has 0 radical (unpaired) electrons. The van der Waals surface area contributed by atoms with Crippen LogP contribution in [-0.2, 0) is 4.79 Å². The molecule has 1 aromatic heterocycles. The van der Waals surface area contributed by atoms with Gasteiger partial charge in [0.25, 0.3) is 12.0 Å². The Labute approximate surface area is 163 Å². The van der Waals surface area contributed by atoms with E-state index < -0.39 is 0 Å². The van der Waals surface area contributed by atoms with Gasteiger partial charge in [-0.1, -0.05) is 11.6 Å². The first-order chi connectivity index (χ1) is 13.0. The van der Waals surface area contributed by atoms with E-state index in [0.717, 1.165) is 45.0 Å². The van der Waals surface area contributed by atoms with E-state index in [1.54, 1.807) is 0 Å². The molecule has 1 aliphatic heterocycles. The molecule has 0 aliphatic carbocycles. The van der Waals surface area contributed by atoms with Gasteiger partial charge in [0.1, 0.15) is 0 Å². The van der Waals surface area contributed by atoms with Gasteiger partial charge in [-0.15, -0.1) is 0 Å². The fourth-order valence-corrected chi connectivity index (χ4v) is 3.36. The lowest BCUT2D eigenvalue weighted by Crippen LogP contribution is -2.47. The summed E-state index contributed by atoms with van der Waals surface area (Å²) in [6, 6.07) is 5.80. The van der Waals surface area contributed by atoms with Crippen molar-refractivity contribution in [2.45, 2.75) is 6.42 Å². The van der Waals surface area contributed by atoms with Gasteiger partial charge in [0.15, 0.2) is 5.15 Å². The van der Waals surface area contributed by atoms with E-state index in [-0.39, 0.29) is 12.0 Å². The lowest BCUT2D eigenvalue weighted by atomic mass is 10.1. The van der Waals surface area contributed by atoms with Crippen LogP contribution in [0.2, 0.25) is 5.15 Å². The Bertz CT molecular complexity index is 803. The molecule has 8 nitrogen and oxygen atoms in total. The van der Waals surface area contributed by atoms with Gasteiger partial charge < -0.3 is 14.9 Å². The zero-order chi connectivity index (χ0) is 19.8. The fourth-order valence-electron chi connectivity index (χ4n) is 3.16. The summed E-state index contributed by atoms with van der Waals surface area (Å²) in [6.45, 7) is 6.13. The predicted octanol–water partition coefficient (Wildman–Crippen LogP) is 1.35. The molecule has 0 bridgehead atoms. The average Bonchev–Trinajstić information content (AvgIpc) is 2.65. The topological polar surface area (TPSA) is 92.8 Å². The van der Waals surface area contributed by atoms with Gasteiger partial charge in [0.05, 0.1) is 5.39 Å². The predicted molar refractivity (Wildman–Crippen MR) is 108 cm³/mol. The number of H-pyrrole nitrogens is 1. The molecular weight excluding hydrogens is 370 g/mol. The molecule has 3 rings (SSSR count). The van der Waals surface area contributed by atoms with Gasteiger partial charge >= 0.3 is 0 Å². The third-order valence-electron chi connectivity index (χ3n) is 4.54. The maximum absolute atomic E-state index is 11.8. The van der Waals surface area contributed by atoms with Gasteiger partial charge in [-0.25, -0.2) is 5.10 Å². The molecule has 1 fully saturated rings. The quantitative estimate of drug-likeness (QED) is 0.738. The monoisotopic (exact) mass is 395 g/mol. The number of nitrogens with zero attached hydrogens (tertiary/aromatic N) is 4. The summed E-state index contributed by atoms with van der Waals surface area (Å²) < 4.78 is 0. The summed E-state index contributed by atoms with van der Waals surface area (Å²) >= 11 is 6.13. The van der Waals surface area contributed by atoms with E-state index in [0.29, 0.717) is 15.9 Å². The minimum absolute atomic E-state index is 0.202. The number of piperazine rings is 1. The molecule has 27 heavy (non-hydrogen) atoms. The van der Waals surface area contributed by atoms with Crippen LogP contribution in [0.1, 0.15) is 6.42 Å². The van der Waals surface area contributed by atoms with Crippen molar-refractivity contribution < 1.29 is 9.90 Å². The zero-order valence-electron chi connectivity index (χ0n) is 15.7. The summed E-state index contributed by atoms with van der Waals surface area (Å²) in [4.78, 5) is 27.3. The van der Waals surface area contributed by atoms with E-state index in [2.05, 4.69) is 39.0 Å². The SMILES string of the molecule is CN(C)CCCN1CCN(c2ccc3c(=O)[nH]nc(Cl)c3c2)CC1.O=CO. The Balaban J connectivity index is 0.000000817. The molecule has 9 heteroatoms. The van der Waals surface area contributed by atoms with Crippen LogP contribution >= 0.6 is 11.6 Å². The number of hydrogen-bond acceptors (Lipinski definition) is 6. The minimum atomic E-state index is -0.250. The number of rotatable bonds is 5. The Morgan fingerprint density at radius 2 is 1.93 bits per heavy atom. The molecule has 1 aliphatic rings. The lowest BCUT2D eigenvalue weighted by molar-refractivity contribution is -0.122. The number of halogens is 1. The smallest absolute Gasteiger partial charge is 0.290 e. The van der Waals surface area contributed by atoms with Crippen LogP contribution < -0.4 is 10.5 Å². The van der Waals surface area contributed by atoms with E-state index in [1.165, 1.54) is 6.42 Å². The largest absolute Gasteiger partial charge is 0.483 e. The molecule has 0 spiro atoms. The molecule has 2 aromatic rings. The summed E-state index contributed by atoms with van der Waals surface area (Å²) in [5.74, 6) is 0. The molecule has 2 N–H and O–H groups in total. The third-order valence-corrected chi connectivity index (χ3v) is 4.83. The first kappa shape index (κ1) is 21.1. The number of hydrogen-bond donors (Lipinski definition) is 2. The standard InChI is InChI=1S/C17H24ClN5O.CH2O2/c1-21(2)6-3-7-22-8-10-23(11-9-22)13-4-5-14-15(12-13)16(18)19-20-17(14)24;2-1-3/h4-5,12H,3,6-11H2,1-2H3,(H,20,24);1H,(H,2,3). The van der Waals surface area contributed by atoms with E-state index in [4.69, 9.17) is 21.5 Å². The van der Waals surface area contributed by atoms with Crippen LogP contribution in [0, 0.1) is 0 Å². The van der Waals surface area contributed by atoms with E-state index in [1.807, 2.05) is 18.2 Å². The molecule has 0 amide bonds. The molecule has 0 atom stereocenters. The highest BCUT2D eigenvalue weighted by molar-refractivity contribution is 6.34. The van der Waals surface area contributed by atoms with Crippen LogP contribution in [0.5, 0.6) is 0 Å². The molecule has 1 aromatic carbocycles. The fraction of sp³-hybridized carbons (Fsp3) is 0.500. The Morgan fingerprint density at radius 3 is 2.56 bits per heavy atom. The third kappa shape index (κ3) is 5.92. The van der Waals surface area contributed by atoms with Crippen LogP contribution in [0.4, 0.5) is 5.69 Å². The number of carboxylic acid groups (broad SMARTS) is 1. The maximum atomic E-state index is 11.8. The number of aromatic amines is 1. The second-order valence-electron chi connectivity index (χ2n) is 6.66. The van der Waals surface area contributed by atoms with Gasteiger partial charge in [0, 0.05) is 37.3 Å². The second kappa shape index (κ2) is 10.2. The molecule has 0 unspecified atom stereocenters. The van der Waals surface area contributed by atoms with Crippen molar-refractivity contribution in [3.05, 3.63) is 33.7 Å². The van der Waals surface area contributed by atoms with Crippen LogP contribution in [0.25, 0.3) is 10.8 Å². The van der Waals surface area contributed by atoms with Gasteiger partial charge in [-0.3, -0.25) is 14.5 Å². The second-order valence-corrected chi connectivity index (χ2v) is 7.02. The minimum Gasteiger partial charge on any atom is -0.483 e. The zero-order valence-corrected chi connectivity index (χ0v) is 16.4. The summed E-state index contributed by atoms with van der Waals surface area (Å²) in [6.07, 6.45) is 1.20. The first-order valence-electron chi connectivity index (χ1n) is 8.84. The number of fused-ring (bicyclic) bond motifs is 1. The average molecular weight is 396 g/mol. The molecule has 1 saturated heterocycles. The molecular formula is C18H26ClN5O3. The summed E-state index contributed by atoms with van der Waals surface area (Å²) in [7, 11) is 4.23. The normalized spacial score (nSPS) is 14.9. The highest BCUT2D eigenvalue weighted by Crippen LogP contribution is 2.25. The number of aromatic nitrogens is 2. The number of carbonyl (C=O) groups is 1. The Kier molecular flexibility index (Phi) is 8.02. The van der Waals surface area contributed by atoms with Crippen LogP contribution in [0.15, 0.2) is 23.0 Å². The highest BCUT2D eigenvalue weighted by atomic mass is 35.5. The highest BCUT2D eigenvalue weighted by Gasteiger charge is 2.18. The van der Waals surface area contributed by atoms with Crippen molar-refractivity contribution >= 4 is 34.5 Å². The lowest BCUT2D eigenvalue weighted by Gasteiger charge is -2.36. The van der Waals surface area contributed by atoms with E-state index >= 15 is 0 Å². The van der Waals surface area contributed by atoms with Crippen LogP contribution in [0.3, 0.4) is 0 Å². The number of nitrogens with one attached hydrogen (secondary N) is 1. The van der Waals surface area contributed by atoms with Crippen LogP contribution in [-0.4, -0.2) is 84.9 Å². The molecule has 148 valence electrons. The molecule has 0 saturated carbocycles. The Morgan fingerprint density at radius 1 is 1.26 bits per heavy atom. The first-order valence-corrected chi connectivity index (χ1v) is 9.22. The summed E-state index contributed by atoms with van der Waals surface area (Å²) in [5.41, 5.74) is 0.899. The summed E-state index contributed by atoms with van der Waals surface area (Å²) in [5, 5.41) is 14.8. The van der Waals surface area contributed by atoms with Crippen molar-refractivity contribution in [3.8, 4) is 0 Å². The van der Waals surface area contributed by atoms with Crippen molar-refractivity contribution in [1.29, 1.82) is 0 Å². The van der Waals surface area contributed by atoms with Gasteiger partial charge in [-0.2, -0.15) is 5.10 Å². The maximum Gasteiger partial charge on any atom is 0.290 e. The Hall–Kier alpha value is -2.16. The van der Waals surface area contributed by atoms with Crippen molar-refractivity contribution in [2.24, 2.45) is 0 Å². The van der Waals surface area contributed by atoms with E-state index in [9.17, 15) is 4.79 Å². The van der Waals surface area contributed by atoms with Crippen molar-refractivity contribution in [1.82, 2.24) is 20.0 Å². The van der Waals surface area contributed by atoms with Crippen molar-refractivity contribution in [2.75, 3.05) is 58.3 Å². The van der Waals surface area contributed by atoms with Crippen molar-refractivity contribution in [3.63, 3.8) is 0 Å². The molecule has 2 heterocycles.